The summed E-state index contributed by atoms with van der Waals surface area (Å²) in [6.45, 7) is 3.82. The van der Waals surface area contributed by atoms with Gasteiger partial charge in [0.15, 0.2) is 0 Å². The number of carbonyl (C=O) groups is 1. The quantitative estimate of drug-likeness (QED) is 0.757. The number of aromatic hydroxyl groups is 1. The van der Waals surface area contributed by atoms with Crippen LogP contribution in [0.25, 0.3) is 0 Å². The van der Waals surface area contributed by atoms with Gasteiger partial charge < -0.3 is 20.9 Å². The monoisotopic (exact) mass is 286 g/mol. The van der Waals surface area contributed by atoms with Crippen LogP contribution in [0, 0.1) is 13.8 Å². The molecule has 2 aromatic rings. The number of benzene rings is 2. The zero-order valence-corrected chi connectivity index (χ0v) is 12.2. The number of phenols is 1. The van der Waals surface area contributed by atoms with Gasteiger partial charge in [0.05, 0.1) is 24.0 Å². The van der Waals surface area contributed by atoms with E-state index in [0.717, 1.165) is 11.1 Å². The number of ether oxygens (including phenoxy) is 1. The van der Waals surface area contributed by atoms with Crippen LogP contribution < -0.4 is 15.8 Å². The van der Waals surface area contributed by atoms with E-state index in [2.05, 4.69) is 5.32 Å². The van der Waals surface area contributed by atoms with E-state index in [1.807, 2.05) is 19.9 Å². The minimum Gasteiger partial charge on any atom is -0.507 e. The predicted molar refractivity (Wildman–Crippen MR) is 82.9 cm³/mol. The van der Waals surface area contributed by atoms with Gasteiger partial charge in [-0.1, -0.05) is 6.07 Å². The number of rotatable bonds is 3. The zero-order chi connectivity index (χ0) is 15.6. The lowest BCUT2D eigenvalue weighted by molar-refractivity contribution is 0.102. The van der Waals surface area contributed by atoms with Crippen molar-refractivity contribution in [1.82, 2.24) is 0 Å². The third-order valence-electron chi connectivity index (χ3n) is 3.45. The Morgan fingerprint density at radius 3 is 2.62 bits per heavy atom. The van der Waals surface area contributed by atoms with Crippen LogP contribution >= 0.6 is 0 Å². The number of hydrogen-bond donors (Lipinski definition) is 3. The van der Waals surface area contributed by atoms with E-state index in [1.165, 1.54) is 19.2 Å². The SMILES string of the molecule is COc1ccc(O)c(C(=O)Nc2c(N)ccc(C)c2C)c1. The Morgan fingerprint density at radius 1 is 1.24 bits per heavy atom. The molecule has 0 aliphatic rings. The molecule has 0 saturated heterocycles. The van der Waals surface area contributed by atoms with E-state index in [4.69, 9.17) is 10.5 Å². The second kappa shape index (κ2) is 5.75. The minimum absolute atomic E-state index is 0.114. The molecule has 0 aliphatic heterocycles. The van der Waals surface area contributed by atoms with Gasteiger partial charge in [0.1, 0.15) is 11.5 Å². The predicted octanol–water partition coefficient (Wildman–Crippen LogP) is 2.85. The van der Waals surface area contributed by atoms with Gasteiger partial charge in [-0.3, -0.25) is 4.79 Å². The Kier molecular flexibility index (Phi) is 4.03. The topological polar surface area (TPSA) is 84.6 Å². The van der Waals surface area contributed by atoms with Gasteiger partial charge in [0.25, 0.3) is 5.91 Å². The highest BCUT2D eigenvalue weighted by Gasteiger charge is 2.15. The molecule has 0 atom stereocenters. The first-order valence-corrected chi connectivity index (χ1v) is 6.48. The Labute approximate surface area is 123 Å². The highest BCUT2D eigenvalue weighted by atomic mass is 16.5. The Bertz CT molecular complexity index is 696. The van der Waals surface area contributed by atoms with E-state index in [9.17, 15) is 9.90 Å². The van der Waals surface area contributed by atoms with E-state index >= 15 is 0 Å². The summed E-state index contributed by atoms with van der Waals surface area (Å²) in [4.78, 5) is 12.3. The lowest BCUT2D eigenvalue weighted by atomic mass is 10.1. The molecule has 0 bridgehead atoms. The van der Waals surface area contributed by atoms with Gasteiger partial charge in [0, 0.05) is 0 Å². The van der Waals surface area contributed by atoms with Crippen LogP contribution in [-0.2, 0) is 0 Å². The van der Waals surface area contributed by atoms with Crippen LogP contribution in [0.2, 0.25) is 0 Å². The average molecular weight is 286 g/mol. The van der Waals surface area contributed by atoms with Crippen molar-refractivity contribution in [2.24, 2.45) is 0 Å². The Morgan fingerprint density at radius 2 is 1.95 bits per heavy atom. The number of amides is 1. The molecule has 0 aromatic heterocycles. The molecule has 21 heavy (non-hydrogen) atoms. The van der Waals surface area contributed by atoms with Crippen LogP contribution in [0.15, 0.2) is 30.3 Å². The lowest BCUT2D eigenvalue weighted by Crippen LogP contribution is -2.15. The van der Waals surface area contributed by atoms with Crippen molar-refractivity contribution < 1.29 is 14.6 Å². The molecule has 0 saturated carbocycles. The first kappa shape index (κ1) is 14.7. The number of anilines is 2. The second-order valence-corrected chi connectivity index (χ2v) is 4.81. The van der Waals surface area contributed by atoms with Gasteiger partial charge in [-0.2, -0.15) is 0 Å². The summed E-state index contributed by atoms with van der Waals surface area (Å²) >= 11 is 0. The molecule has 110 valence electrons. The molecule has 0 spiro atoms. The summed E-state index contributed by atoms with van der Waals surface area (Å²) in [5.41, 5.74) is 9.00. The summed E-state index contributed by atoms with van der Waals surface area (Å²) in [6, 6.07) is 8.11. The Balaban J connectivity index is 2.37. The molecule has 4 N–H and O–H groups in total. The van der Waals surface area contributed by atoms with Crippen molar-refractivity contribution in [2.75, 3.05) is 18.2 Å². The van der Waals surface area contributed by atoms with Gasteiger partial charge in [-0.25, -0.2) is 0 Å². The molecule has 0 radical (unpaired) electrons. The van der Waals surface area contributed by atoms with Crippen LogP contribution in [0.5, 0.6) is 11.5 Å². The molecule has 5 heteroatoms. The summed E-state index contributed by atoms with van der Waals surface area (Å²) in [5, 5.41) is 12.6. The summed E-state index contributed by atoms with van der Waals surface area (Å²) in [7, 11) is 1.50. The number of hydrogen-bond acceptors (Lipinski definition) is 4. The van der Waals surface area contributed by atoms with E-state index in [1.54, 1.807) is 12.1 Å². The van der Waals surface area contributed by atoms with Crippen molar-refractivity contribution in [3.05, 3.63) is 47.0 Å². The van der Waals surface area contributed by atoms with Gasteiger partial charge in [0.2, 0.25) is 0 Å². The normalized spacial score (nSPS) is 10.2. The molecule has 2 rings (SSSR count). The number of aryl methyl sites for hydroxylation is 1. The molecule has 0 unspecified atom stereocenters. The molecular weight excluding hydrogens is 268 g/mol. The number of carbonyl (C=O) groups excluding carboxylic acids is 1. The summed E-state index contributed by atoms with van der Waals surface area (Å²) in [5.74, 6) is -0.0594. The van der Waals surface area contributed by atoms with Crippen molar-refractivity contribution in [2.45, 2.75) is 13.8 Å². The molecule has 0 fully saturated rings. The first-order valence-electron chi connectivity index (χ1n) is 6.48. The van der Waals surface area contributed by atoms with E-state index in [0.29, 0.717) is 17.1 Å². The smallest absolute Gasteiger partial charge is 0.259 e. The number of nitrogen functional groups attached to an aromatic ring is 1. The van der Waals surface area contributed by atoms with Crippen molar-refractivity contribution >= 4 is 17.3 Å². The van der Waals surface area contributed by atoms with Gasteiger partial charge in [-0.15, -0.1) is 0 Å². The van der Waals surface area contributed by atoms with E-state index < -0.39 is 5.91 Å². The van der Waals surface area contributed by atoms with Crippen LogP contribution in [-0.4, -0.2) is 18.1 Å². The average Bonchev–Trinajstić information content (AvgIpc) is 2.48. The highest BCUT2D eigenvalue weighted by molar-refractivity contribution is 6.08. The van der Waals surface area contributed by atoms with Gasteiger partial charge in [-0.05, 0) is 49.2 Å². The van der Waals surface area contributed by atoms with Crippen molar-refractivity contribution in [1.29, 1.82) is 0 Å². The van der Waals surface area contributed by atoms with Gasteiger partial charge >= 0.3 is 0 Å². The maximum atomic E-state index is 12.3. The number of phenolic OH excluding ortho intramolecular Hbond substituents is 1. The standard InChI is InChI=1S/C16H18N2O3/c1-9-4-6-13(17)15(10(9)2)18-16(20)12-8-11(21-3)5-7-14(12)19/h4-8,19H,17H2,1-3H3,(H,18,20). The third-order valence-corrected chi connectivity index (χ3v) is 3.45. The summed E-state index contributed by atoms with van der Waals surface area (Å²) in [6.07, 6.45) is 0. The third kappa shape index (κ3) is 2.91. The molecule has 0 heterocycles. The minimum atomic E-state index is -0.438. The second-order valence-electron chi connectivity index (χ2n) is 4.81. The lowest BCUT2D eigenvalue weighted by Gasteiger charge is -2.14. The van der Waals surface area contributed by atoms with Crippen molar-refractivity contribution in [3.63, 3.8) is 0 Å². The molecule has 5 nitrogen and oxygen atoms in total. The number of nitrogens with one attached hydrogen (secondary N) is 1. The maximum Gasteiger partial charge on any atom is 0.259 e. The fourth-order valence-electron chi connectivity index (χ4n) is 2.01. The van der Waals surface area contributed by atoms with E-state index in [-0.39, 0.29) is 11.3 Å². The van der Waals surface area contributed by atoms with Crippen LogP contribution in [0.1, 0.15) is 21.5 Å². The summed E-state index contributed by atoms with van der Waals surface area (Å²) < 4.78 is 5.06. The largest absolute Gasteiger partial charge is 0.507 e. The molecular formula is C16H18N2O3. The number of methoxy groups -OCH3 is 1. The highest BCUT2D eigenvalue weighted by Crippen LogP contribution is 2.28. The molecule has 1 amide bonds. The molecule has 0 aliphatic carbocycles. The first-order chi connectivity index (χ1) is 9.93. The Hall–Kier alpha value is -2.69. The fraction of sp³-hybridized carbons (Fsp3) is 0.188. The van der Waals surface area contributed by atoms with Crippen molar-refractivity contribution in [3.8, 4) is 11.5 Å². The molecule has 2 aromatic carbocycles. The number of nitrogens with two attached hydrogens (primary N) is 1. The fourth-order valence-corrected chi connectivity index (χ4v) is 2.01. The zero-order valence-electron chi connectivity index (χ0n) is 12.2. The van der Waals surface area contributed by atoms with Crippen LogP contribution in [0.3, 0.4) is 0 Å². The van der Waals surface area contributed by atoms with Crippen LogP contribution in [0.4, 0.5) is 11.4 Å². The maximum absolute atomic E-state index is 12.3.